The minimum absolute atomic E-state index is 0.886. The normalized spacial score (nSPS) is 10.1. The molecule has 0 bridgehead atoms. The summed E-state index contributed by atoms with van der Waals surface area (Å²) in [4.78, 5) is 4.31. The molecule has 80 valence electrons. The van der Waals surface area contributed by atoms with Gasteiger partial charge in [-0.15, -0.1) is 0 Å². The summed E-state index contributed by atoms with van der Waals surface area (Å²) < 4.78 is 0. The van der Waals surface area contributed by atoms with Crippen molar-refractivity contribution in [3.63, 3.8) is 0 Å². The summed E-state index contributed by atoms with van der Waals surface area (Å²) in [6, 6.07) is 14.5. The molecule has 0 aliphatic carbocycles. The van der Waals surface area contributed by atoms with Crippen LogP contribution in [-0.2, 0) is 6.42 Å². The summed E-state index contributed by atoms with van der Waals surface area (Å²) in [7, 11) is 0. The lowest BCUT2D eigenvalue weighted by atomic mass is 10.0. The highest BCUT2D eigenvalue weighted by Gasteiger charge is 1.97. The molecule has 0 N–H and O–H groups in total. The molecular weight excluding hydrogens is 194 g/mol. The Morgan fingerprint density at radius 1 is 1.12 bits per heavy atom. The van der Waals surface area contributed by atoms with E-state index in [1.54, 1.807) is 0 Å². The maximum atomic E-state index is 4.31. The Morgan fingerprint density at radius 3 is 2.44 bits per heavy atom. The average molecular weight is 209 g/mol. The van der Waals surface area contributed by atoms with Gasteiger partial charge in [0.15, 0.2) is 0 Å². The summed E-state index contributed by atoms with van der Waals surface area (Å²) >= 11 is 0. The average Bonchev–Trinajstić information content (AvgIpc) is 2.31. The second-order valence-corrected chi connectivity index (χ2v) is 3.98. The van der Waals surface area contributed by atoms with Gasteiger partial charge in [-0.3, -0.25) is 4.98 Å². The Morgan fingerprint density at radius 2 is 1.88 bits per heavy atom. The lowest BCUT2D eigenvalue weighted by Gasteiger charge is -2.03. The molecule has 0 aliphatic rings. The van der Waals surface area contributed by atoms with Gasteiger partial charge in [-0.05, 0) is 30.2 Å². The van der Waals surface area contributed by atoms with Crippen LogP contribution >= 0.6 is 0 Å². The van der Waals surface area contributed by atoms with Gasteiger partial charge in [0.25, 0.3) is 0 Å². The zero-order valence-electron chi connectivity index (χ0n) is 9.48. The fraction of sp³-hybridized carbons (Fsp3) is 0.133. The largest absolute Gasteiger partial charge is 0.261 e. The standard InChI is InChI=1S/C15H15N/c1-12(2)14-8-6-13(7-9-14)11-15-5-3-4-10-16-15/h3-10H,1,11H2,2H3. The first kappa shape index (κ1) is 10.6. The Kier molecular flexibility index (Phi) is 3.16. The zero-order valence-corrected chi connectivity index (χ0v) is 9.48. The number of rotatable bonds is 3. The third-order valence-corrected chi connectivity index (χ3v) is 2.56. The van der Waals surface area contributed by atoms with Gasteiger partial charge >= 0.3 is 0 Å². The van der Waals surface area contributed by atoms with E-state index in [0.29, 0.717) is 0 Å². The molecule has 0 aliphatic heterocycles. The molecule has 1 aromatic heterocycles. The van der Waals surface area contributed by atoms with Crippen molar-refractivity contribution in [3.05, 3.63) is 72.1 Å². The number of nitrogens with zero attached hydrogens (tertiary/aromatic N) is 1. The lowest BCUT2D eigenvalue weighted by Crippen LogP contribution is -1.91. The van der Waals surface area contributed by atoms with Crippen molar-refractivity contribution in [2.75, 3.05) is 0 Å². The number of benzene rings is 1. The molecule has 0 fully saturated rings. The van der Waals surface area contributed by atoms with Gasteiger partial charge < -0.3 is 0 Å². The third kappa shape index (κ3) is 2.57. The van der Waals surface area contributed by atoms with Crippen LogP contribution in [0, 0.1) is 0 Å². The molecule has 2 rings (SSSR count). The van der Waals surface area contributed by atoms with Crippen molar-refractivity contribution in [3.8, 4) is 0 Å². The predicted molar refractivity (Wildman–Crippen MR) is 68.2 cm³/mol. The van der Waals surface area contributed by atoms with Crippen molar-refractivity contribution in [1.82, 2.24) is 4.98 Å². The molecule has 2 aromatic rings. The SMILES string of the molecule is C=C(C)c1ccc(Cc2ccccn2)cc1. The second-order valence-electron chi connectivity index (χ2n) is 3.98. The molecule has 0 radical (unpaired) electrons. The molecule has 0 atom stereocenters. The number of hydrogen-bond acceptors (Lipinski definition) is 1. The Balaban J connectivity index is 2.14. The first-order valence-electron chi connectivity index (χ1n) is 5.40. The van der Waals surface area contributed by atoms with Gasteiger partial charge in [0, 0.05) is 18.3 Å². The van der Waals surface area contributed by atoms with Crippen LogP contribution in [-0.4, -0.2) is 4.98 Å². The molecule has 1 aromatic carbocycles. The molecule has 16 heavy (non-hydrogen) atoms. The van der Waals surface area contributed by atoms with Crippen molar-refractivity contribution >= 4 is 5.57 Å². The van der Waals surface area contributed by atoms with Gasteiger partial charge in [0.1, 0.15) is 0 Å². The molecule has 0 spiro atoms. The minimum Gasteiger partial charge on any atom is -0.261 e. The first-order chi connectivity index (χ1) is 7.75. The molecule has 0 amide bonds. The van der Waals surface area contributed by atoms with E-state index in [0.717, 1.165) is 17.7 Å². The van der Waals surface area contributed by atoms with Gasteiger partial charge in [-0.2, -0.15) is 0 Å². The summed E-state index contributed by atoms with van der Waals surface area (Å²) in [5.41, 5.74) is 4.68. The highest BCUT2D eigenvalue weighted by Crippen LogP contribution is 2.14. The van der Waals surface area contributed by atoms with Crippen LogP contribution in [0.3, 0.4) is 0 Å². The number of aromatic nitrogens is 1. The predicted octanol–water partition coefficient (Wildman–Crippen LogP) is 3.71. The Labute approximate surface area is 96.5 Å². The van der Waals surface area contributed by atoms with E-state index in [2.05, 4.69) is 35.8 Å². The summed E-state index contributed by atoms with van der Waals surface area (Å²) in [6.07, 6.45) is 2.72. The van der Waals surface area contributed by atoms with Crippen molar-refractivity contribution in [2.45, 2.75) is 13.3 Å². The molecule has 0 saturated carbocycles. The van der Waals surface area contributed by atoms with E-state index in [-0.39, 0.29) is 0 Å². The quantitative estimate of drug-likeness (QED) is 0.751. The van der Waals surface area contributed by atoms with Gasteiger partial charge in [-0.1, -0.05) is 42.5 Å². The van der Waals surface area contributed by atoms with E-state index in [4.69, 9.17) is 0 Å². The molecule has 1 nitrogen and oxygen atoms in total. The molecular formula is C15H15N. The number of pyridine rings is 1. The van der Waals surface area contributed by atoms with E-state index in [9.17, 15) is 0 Å². The topological polar surface area (TPSA) is 12.9 Å². The Bertz CT molecular complexity index is 469. The van der Waals surface area contributed by atoms with E-state index < -0.39 is 0 Å². The van der Waals surface area contributed by atoms with Crippen LogP contribution in [0.25, 0.3) is 5.57 Å². The monoisotopic (exact) mass is 209 g/mol. The maximum Gasteiger partial charge on any atom is 0.0447 e. The second kappa shape index (κ2) is 4.75. The highest BCUT2D eigenvalue weighted by atomic mass is 14.7. The maximum absolute atomic E-state index is 4.31. The van der Waals surface area contributed by atoms with Crippen molar-refractivity contribution in [2.24, 2.45) is 0 Å². The fourth-order valence-corrected chi connectivity index (χ4v) is 1.62. The molecule has 1 heterocycles. The number of hydrogen-bond donors (Lipinski definition) is 0. The van der Waals surface area contributed by atoms with Gasteiger partial charge in [-0.25, -0.2) is 0 Å². The first-order valence-corrected chi connectivity index (χ1v) is 5.40. The molecule has 0 unspecified atom stereocenters. The van der Waals surface area contributed by atoms with Crippen LogP contribution in [0.4, 0.5) is 0 Å². The van der Waals surface area contributed by atoms with Crippen LogP contribution in [0.1, 0.15) is 23.7 Å². The summed E-state index contributed by atoms with van der Waals surface area (Å²) in [6.45, 7) is 5.95. The van der Waals surface area contributed by atoms with E-state index >= 15 is 0 Å². The smallest absolute Gasteiger partial charge is 0.0447 e. The van der Waals surface area contributed by atoms with Crippen LogP contribution in [0.15, 0.2) is 55.2 Å². The van der Waals surface area contributed by atoms with Gasteiger partial charge in [0.2, 0.25) is 0 Å². The molecule has 0 saturated heterocycles. The van der Waals surface area contributed by atoms with Crippen molar-refractivity contribution < 1.29 is 0 Å². The summed E-state index contributed by atoms with van der Waals surface area (Å²) in [5, 5.41) is 0. The number of allylic oxidation sites excluding steroid dienone is 1. The fourth-order valence-electron chi connectivity index (χ4n) is 1.62. The van der Waals surface area contributed by atoms with E-state index in [1.165, 1.54) is 11.1 Å². The van der Waals surface area contributed by atoms with Gasteiger partial charge in [0.05, 0.1) is 0 Å². The minimum atomic E-state index is 0.886. The summed E-state index contributed by atoms with van der Waals surface area (Å²) in [5.74, 6) is 0. The van der Waals surface area contributed by atoms with Crippen LogP contribution in [0.2, 0.25) is 0 Å². The highest BCUT2D eigenvalue weighted by molar-refractivity contribution is 5.61. The van der Waals surface area contributed by atoms with E-state index in [1.807, 2.05) is 31.3 Å². The lowest BCUT2D eigenvalue weighted by molar-refractivity contribution is 1.07. The van der Waals surface area contributed by atoms with Crippen LogP contribution < -0.4 is 0 Å². The third-order valence-electron chi connectivity index (χ3n) is 2.56. The Hall–Kier alpha value is -1.89. The zero-order chi connectivity index (χ0) is 11.4. The molecule has 1 heteroatoms. The van der Waals surface area contributed by atoms with Crippen molar-refractivity contribution in [1.29, 1.82) is 0 Å². The van der Waals surface area contributed by atoms with Crippen LogP contribution in [0.5, 0.6) is 0 Å².